The van der Waals surface area contributed by atoms with Gasteiger partial charge in [-0.2, -0.15) is 0 Å². The number of aryl methyl sites for hydroxylation is 1. The lowest BCUT2D eigenvalue weighted by Crippen LogP contribution is -2.25. The van der Waals surface area contributed by atoms with Crippen molar-refractivity contribution in [3.05, 3.63) is 76.7 Å². The number of nitrogens with zero attached hydrogens (tertiary/aromatic N) is 2. The molecule has 4 atom stereocenters. The number of carbonyl (C=O) groups is 1. The zero-order valence-corrected chi connectivity index (χ0v) is 25.4. The Labute approximate surface area is 249 Å². The van der Waals surface area contributed by atoms with Crippen molar-refractivity contribution in [2.75, 3.05) is 7.11 Å². The lowest BCUT2D eigenvalue weighted by molar-refractivity contribution is -0.142. The number of halogens is 1. The van der Waals surface area contributed by atoms with Gasteiger partial charge < -0.3 is 19.1 Å². The van der Waals surface area contributed by atoms with Crippen LogP contribution in [-0.2, 0) is 22.6 Å². The van der Waals surface area contributed by atoms with Gasteiger partial charge in [0.05, 0.1) is 25.4 Å². The molecule has 0 spiro atoms. The van der Waals surface area contributed by atoms with Crippen LogP contribution in [0.4, 0.5) is 4.39 Å². The molecule has 0 saturated heterocycles. The minimum absolute atomic E-state index is 0.0465. The molecule has 0 radical (unpaired) electrons. The standard InChI is InChI=1S/C33H37FN2O5S/c1-19(32(37)38)31(21-7-8-21)23-9-6-20-11-13-28(41-29(20)15-23)22-10-12-25(26-16-30(40-5)35-18-27(26)34)24(14-22)17-36-42(39)33(2,3)4/h6,9-10,12,14-19,21,28,31H,7-8,11,13H2,1-5H3,(H,37,38)/t19-,28+,31-,42?/m0/s1. The number of ether oxygens (including phenoxy) is 2. The van der Waals surface area contributed by atoms with Crippen molar-refractivity contribution in [3.8, 4) is 22.8 Å². The molecule has 7 nitrogen and oxygen atoms in total. The molecule has 9 heteroatoms. The second kappa shape index (κ2) is 12.1. The van der Waals surface area contributed by atoms with Crippen LogP contribution in [0.1, 0.15) is 81.2 Å². The largest absolute Gasteiger partial charge is 0.591 e. The van der Waals surface area contributed by atoms with Gasteiger partial charge in [-0.05, 0) is 92.7 Å². The number of pyridine rings is 1. The van der Waals surface area contributed by atoms with Crippen molar-refractivity contribution in [3.63, 3.8) is 0 Å². The monoisotopic (exact) mass is 592 g/mol. The van der Waals surface area contributed by atoms with Gasteiger partial charge in [-0.3, -0.25) is 4.79 Å². The summed E-state index contributed by atoms with van der Waals surface area (Å²) in [5, 5.41) is 9.72. The van der Waals surface area contributed by atoms with E-state index < -0.39 is 33.8 Å². The number of hydrogen-bond acceptors (Lipinski definition) is 6. The molecule has 1 unspecified atom stereocenters. The van der Waals surface area contributed by atoms with E-state index >= 15 is 0 Å². The second-order valence-corrected chi connectivity index (χ2v) is 14.1. The first-order valence-electron chi connectivity index (χ1n) is 14.3. The highest BCUT2D eigenvalue weighted by molar-refractivity contribution is 7.91. The lowest BCUT2D eigenvalue weighted by atomic mass is 9.82. The Hall–Kier alpha value is -3.43. The third-order valence-corrected chi connectivity index (χ3v) is 9.41. The number of methoxy groups -OCH3 is 1. The van der Waals surface area contributed by atoms with E-state index in [4.69, 9.17) is 9.47 Å². The van der Waals surface area contributed by atoms with Crippen LogP contribution in [0.25, 0.3) is 11.1 Å². The van der Waals surface area contributed by atoms with E-state index in [9.17, 15) is 18.8 Å². The number of benzene rings is 2. The zero-order valence-electron chi connectivity index (χ0n) is 24.6. The van der Waals surface area contributed by atoms with Crippen molar-refractivity contribution in [1.82, 2.24) is 4.98 Å². The van der Waals surface area contributed by atoms with E-state index in [0.29, 0.717) is 22.6 Å². The molecular weight excluding hydrogens is 555 g/mol. The molecule has 1 N–H and O–H groups in total. The molecule has 5 rings (SSSR count). The smallest absolute Gasteiger partial charge is 0.306 e. The van der Waals surface area contributed by atoms with Gasteiger partial charge in [0.2, 0.25) is 5.88 Å². The van der Waals surface area contributed by atoms with Gasteiger partial charge in [0, 0.05) is 17.2 Å². The number of rotatable bonds is 9. The molecule has 2 aromatic carbocycles. The number of aromatic nitrogens is 1. The number of aliphatic carboxylic acids is 1. The SMILES string of the molecule is COc1cc(-c2ccc([C@H]3CCc4ccc([C@H](C5CC5)[C@H](C)C(=O)O)cc4O3)cc2C=N[S+]([O-])C(C)(C)C)c(F)cn1. The Kier molecular flexibility index (Phi) is 8.62. The highest BCUT2D eigenvalue weighted by Crippen LogP contribution is 2.48. The fraction of sp³-hybridized carbons (Fsp3) is 0.424. The third kappa shape index (κ3) is 6.47. The molecule has 2 aliphatic rings. The summed E-state index contributed by atoms with van der Waals surface area (Å²) in [6.45, 7) is 7.32. The summed E-state index contributed by atoms with van der Waals surface area (Å²) < 4.78 is 43.2. The van der Waals surface area contributed by atoms with E-state index in [0.717, 1.165) is 54.3 Å². The lowest BCUT2D eigenvalue weighted by Gasteiger charge is -2.29. The molecule has 3 aromatic rings. The predicted molar refractivity (Wildman–Crippen MR) is 162 cm³/mol. The van der Waals surface area contributed by atoms with E-state index in [1.807, 2.05) is 45.0 Å². The molecular formula is C33H37FN2O5S. The quantitative estimate of drug-likeness (QED) is 0.211. The molecule has 42 heavy (non-hydrogen) atoms. The first-order chi connectivity index (χ1) is 20.0. The van der Waals surface area contributed by atoms with Crippen LogP contribution in [0, 0.1) is 17.7 Å². The van der Waals surface area contributed by atoms with Crippen LogP contribution >= 0.6 is 0 Å². The van der Waals surface area contributed by atoms with Gasteiger partial charge in [0.25, 0.3) is 0 Å². The second-order valence-electron chi connectivity index (χ2n) is 12.2. The molecule has 2 heterocycles. The van der Waals surface area contributed by atoms with Crippen LogP contribution < -0.4 is 9.47 Å². The Bertz CT molecular complexity index is 1500. The highest BCUT2D eigenvalue weighted by atomic mass is 32.2. The topological polar surface area (TPSA) is 104 Å². The van der Waals surface area contributed by atoms with Crippen molar-refractivity contribution in [1.29, 1.82) is 0 Å². The van der Waals surface area contributed by atoms with Crippen molar-refractivity contribution in [2.24, 2.45) is 16.2 Å². The van der Waals surface area contributed by atoms with Crippen LogP contribution in [-0.4, -0.2) is 38.7 Å². The molecule has 1 saturated carbocycles. The van der Waals surface area contributed by atoms with Gasteiger partial charge in [-0.25, -0.2) is 9.37 Å². The first-order valence-corrected chi connectivity index (χ1v) is 15.4. The highest BCUT2D eigenvalue weighted by Gasteiger charge is 2.39. The number of hydrogen-bond donors (Lipinski definition) is 1. The van der Waals surface area contributed by atoms with Gasteiger partial charge in [-0.15, -0.1) is 0 Å². The first kappa shape index (κ1) is 30.0. The average Bonchev–Trinajstić information content (AvgIpc) is 3.80. The zero-order chi connectivity index (χ0) is 30.2. The molecule has 222 valence electrons. The summed E-state index contributed by atoms with van der Waals surface area (Å²) in [7, 11) is 1.47. The molecule has 0 amide bonds. The van der Waals surface area contributed by atoms with Gasteiger partial charge in [0.1, 0.15) is 33.8 Å². The van der Waals surface area contributed by atoms with Crippen LogP contribution in [0.5, 0.6) is 11.6 Å². The normalized spacial score (nSPS) is 19.1. The summed E-state index contributed by atoms with van der Waals surface area (Å²) in [5.74, 6) is -0.384. The minimum Gasteiger partial charge on any atom is -0.591 e. The fourth-order valence-electron chi connectivity index (χ4n) is 5.54. The summed E-state index contributed by atoms with van der Waals surface area (Å²) in [6.07, 6.45) is 6.02. The summed E-state index contributed by atoms with van der Waals surface area (Å²) >= 11 is -1.50. The predicted octanol–water partition coefficient (Wildman–Crippen LogP) is 7.06. The summed E-state index contributed by atoms with van der Waals surface area (Å²) in [5.41, 5.74) is 4.45. The third-order valence-electron chi connectivity index (χ3n) is 8.07. The van der Waals surface area contributed by atoms with Crippen LogP contribution in [0.2, 0.25) is 0 Å². The van der Waals surface area contributed by atoms with Crippen molar-refractivity contribution in [2.45, 2.75) is 70.1 Å². The van der Waals surface area contributed by atoms with Crippen LogP contribution in [0.15, 0.2) is 53.1 Å². The maximum Gasteiger partial charge on any atom is 0.306 e. The molecule has 1 aliphatic carbocycles. The Morgan fingerprint density at radius 2 is 1.95 bits per heavy atom. The Morgan fingerprint density at radius 3 is 2.62 bits per heavy atom. The summed E-state index contributed by atoms with van der Waals surface area (Å²) in [6, 6.07) is 13.3. The number of fused-ring (bicyclic) bond motifs is 1. The van der Waals surface area contributed by atoms with Crippen molar-refractivity contribution < 1.29 is 28.3 Å². The van der Waals surface area contributed by atoms with Gasteiger partial charge in [0.15, 0.2) is 0 Å². The van der Waals surface area contributed by atoms with Crippen LogP contribution in [0.3, 0.4) is 0 Å². The Balaban J connectivity index is 1.49. The van der Waals surface area contributed by atoms with E-state index in [2.05, 4.69) is 21.5 Å². The average molecular weight is 593 g/mol. The van der Waals surface area contributed by atoms with Crippen molar-refractivity contribution >= 4 is 23.5 Å². The van der Waals surface area contributed by atoms with E-state index in [1.165, 1.54) is 19.4 Å². The fourth-order valence-corrected chi connectivity index (χ4v) is 6.07. The maximum atomic E-state index is 15.0. The number of carboxylic acids is 1. The van der Waals surface area contributed by atoms with E-state index in [1.54, 1.807) is 6.92 Å². The minimum atomic E-state index is -1.50. The molecule has 0 bridgehead atoms. The maximum absolute atomic E-state index is 15.0. The van der Waals surface area contributed by atoms with E-state index in [-0.39, 0.29) is 17.9 Å². The molecule has 1 aliphatic heterocycles. The van der Waals surface area contributed by atoms with Gasteiger partial charge in [-0.1, -0.05) is 35.6 Å². The summed E-state index contributed by atoms with van der Waals surface area (Å²) in [4.78, 5) is 15.8. The number of carboxylic acid groups (broad SMARTS) is 1. The Morgan fingerprint density at radius 1 is 1.19 bits per heavy atom. The molecule has 1 aromatic heterocycles. The molecule has 1 fully saturated rings. The van der Waals surface area contributed by atoms with Gasteiger partial charge >= 0.3 is 5.97 Å².